The van der Waals surface area contributed by atoms with Crippen LogP contribution in [0.4, 0.5) is 0 Å². The number of benzene rings is 1. The number of nitrogens with zero attached hydrogens (tertiary/aromatic N) is 2. The van der Waals surface area contributed by atoms with Crippen molar-refractivity contribution in [1.82, 2.24) is 9.13 Å². The zero-order valence-electron chi connectivity index (χ0n) is 22.4. The van der Waals surface area contributed by atoms with E-state index in [0.717, 1.165) is 23.8 Å². The molecule has 1 aromatic carbocycles. The Bertz CT molecular complexity index is 1400. The second-order valence-corrected chi connectivity index (χ2v) is 11.2. The van der Waals surface area contributed by atoms with Crippen molar-refractivity contribution < 1.29 is 18.7 Å². The molecule has 0 aliphatic carbocycles. The summed E-state index contributed by atoms with van der Waals surface area (Å²) in [5.41, 5.74) is -2.74. The Kier molecular flexibility index (Phi) is 9.45. The molecule has 204 valence electrons. The fourth-order valence-electron chi connectivity index (χ4n) is 4.38. The van der Waals surface area contributed by atoms with E-state index in [-0.39, 0.29) is 47.2 Å². The number of rotatable bonds is 14. The van der Waals surface area contributed by atoms with E-state index < -0.39 is 36.1 Å². The monoisotopic (exact) mass is 536 g/mol. The van der Waals surface area contributed by atoms with Crippen LogP contribution in [0.2, 0.25) is 0 Å². The molecule has 0 amide bonds. The minimum Gasteiger partial charge on any atom is -0.307 e. The molecule has 0 aliphatic heterocycles. The molecule has 0 radical (unpaired) electrons. The number of fused-ring (bicyclic) bond motifs is 2. The molecule has 0 spiro atoms. The van der Waals surface area contributed by atoms with Gasteiger partial charge in [0.1, 0.15) is 5.60 Å². The van der Waals surface area contributed by atoms with Crippen molar-refractivity contribution in [3.8, 4) is 0 Å². The van der Waals surface area contributed by atoms with Crippen LogP contribution in [-0.2, 0) is 31.7 Å². The van der Waals surface area contributed by atoms with Crippen molar-refractivity contribution in [3.63, 3.8) is 0 Å². The summed E-state index contributed by atoms with van der Waals surface area (Å²) in [5, 5.41) is 0.370. The molecular formula is C26H37N2O8P. The van der Waals surface area contributed by atoms with Crippen LogP contribution in [-0.4, -0.2) is 21.3 Å². The molecule has 0 N–H and O–H groups in total. The maximum absolute atomic E-state index is 12.9. The van der Waals surface area contributed by atoms with Gasteiger partial charge in [0.2, 0.25) is 0 Å². The quantitative estimate of drug-likeness (QED) is 0.173. The van der Waals surface area contributed by atoms with E-state index in [1.807, 2.05) is 27.7 Å². The van der Waals surface area contributed by atoms with E-state index in [1.54, 1.807) is 0 Å². The second kappa shape index (κ2) is 12.0. The highest BCUT2D eigenvalue weighted by atomic mass is 31.1. The molecular weight excluding hydrogens is 499 g/mol. The summed E-state index contributed by atoms with van der Waals surface area (Å²) >= 11 is 0. The van der Waals surface area contributed by atoms with E-state index in [1.165, 1.54) is 16.7 Å². The summed E-state index contributed by atoms with van der Waals surface area (Å²) in [4.78, 5) is 56.9. The highest BCUT2D eigenvalue weighted by Gasteiger charge is 2.28. The number of hydrogen-bond acceptors (Lipinski definition) is 8. The molecule has 0 saturated heterocycles. The maximum atomic E-state index is 12.9. The van der Waals surface area contributed by atoms with Crippen LogP contribution < -0.4 is 22.2 Å². The Morgan fingerprint density at radius 1 is 0.838 bits per heavy atom. The Balaban J connectivity index is 1.74. The third-order valence-corrected chi connectivity index (χ3v) is 7.98. The normalized spacial score (nSPS) is 16.3. The van der Waals surface area contributed by atoms with E-state index in [4.69, 9.17) is 14.1 Å². The predicted octanol–water partition coefficient (Wildman–Crippen LogP) is 3.92. The summed E-state index contributed by atoms with van der Waals surface area (Å²) in [5.74, 6) is 0.533. The van der Waals surface area contributed by atoms with Crippen molar-refractivity contribution >= 4 is 29.8 Å². The lowest BCUT2D eigenvalue weighted by molar-refractivity contribution is -0.294. The van der Waals surface area contributed by atoms with Gasteiger partial charge in [-0.3, -0.25) is 32.9 Å². The summed E-state index contributed by atoms with van der Waals surface area (Å²) in [6.45, 7) is 11.8. The molecule has 11 heteroatoms. The van der Waals surface area contributed by atoms with Gasteiger partial charge in [-0.2, -0.15) is 4.67 Å². The highest BCUT2D eigenvalue weighted by molar-refractivity contribution is 7.33. The molecule has 0 saturated carbocycles. The third kappa shape index (κ3) is 6.20. The Morgan fingerprint density at radius 3 is 1.78 bits per heavy atom. The number of aromatic nitrogens is 2. The number of hydrogen-bond donors (Lipinski definition) is 0. The Labute approximate surface area is 215 Å². The van der Waals surface area contributed by atoms with Crippen molar-refractivity contribution in [3.05, 3.63) is 53.5 Å². The first kappa shape index (κ1) is 29.2. The van der Waals surface area contributed by atoms with E-state index in [9.17, 15) is 23.7 Å². The first-order chi connectivity index (χ1) is 17.5. The van der Waals surface area contributed by atoms with Gasteiger partial charge < -0.3 is 4.52 Å². The predicted molar refractivity (Wildman–Crippen MR) is 144 cm³/mol. The molecule has 3 rings (SSSR count). The Morgan fingerprint density at radius 2 is 1.32 bits per heavy atom. The molecule has 3 aromatic rings. The fourth-order valence-corrected chi connectivity index (χ4v) is 4.96. The van der Waals surface area contributed by atoms with E-state index in [0.29, 0.717) is 12.3 Å². The smallest absolute Gasteiger partial charge is 0.307 e. The average molecular weight is 537 g/mol. The van der Waals surface area contributed by atoms with Crippen LogP contribution in [0.15, 0.2) is 31.3 Å². The zero-order chi connectivity index (χ0) is 27.5. The zero-order valence-corrected chi connectivity index (χ0v) is 23.4. The van der Waals surface area contributed by atoms with Crippen LogP contribution in [0, 0.1) is 11.8 Å². The van der Waals surface area contributed by atoms with Crippen LogP contribution in [0.5, 0.6) is 0 Å². The summed E-state index contributed by atoms with van der Waals surface area (Å²) in [7, 11) is -3.02. The first-order valence-electron chi connectivity index (χ1n) is 12.9. The lowest BCUT2D eigenvalue weighted by Gasteiger charge is -2.29. The molecule has 0 aliphatic rings. The highest BCUT2D eigenvalue weighted by Crippen LogP contribution is 2.32. The van der Waals surface area contributed by atoms with Crippen LogP contribution in [0.1, 0.15) is 67.2 Å². The first-order valence-corrected chi connectivity index (χ1v) is 14.1. The summed E-state index contributed by atoms with van der Waals surface area (Å²) < 4.78 is 24.5. The van der Waals surface area contributed by atoms with Crippen molar-refractivity contribution in [2.24, 2.45) is 11.8 Å². The van der Waals surface area contributed by atoms with Crippen molar-refractivity contribution in [2.45, 2.75) is 85.9 Å². The van der Waals surface area contributed by atoms with Gasteiger partial charge in [-0.25, -0.2) is 4.89 Å². The van der Waals surface area contributed by atoms with Crippen molar-refractivity contribution in [1.29, 1.82) is 0 Å². The molecule has 0 fully saturated rings. The molecule has 0 bridgehead atoms. The van der Waals surface area contributed by atoms with Gasteiger partial charge in [-0.15, -0.1) is 0 Å². The van der Waals surface area contributed by atoms with Gasteiger partial charge in [-0.05, 0) is 43.7 Å². The SMILES string of the molecule is CCC(C)Cn1c(=O)c2cc3c(=O)n(CCO[PH](=O)OOC(C)(CC)CC(C)CC)c(=O)c3cc2c1=O. The third-order valence-electron chi connectivity index (χ3n) is 7.32. The lowest BCUT2D eigenvalue weighted by atomic mass is 9.90. The minimum atomic E-state index is -3.02. The van der Waals surface area contributed by atoms with Gasteiger partial charge in [-0.1, -0.05) is 47.5 Å². The van der Waals surface area contributed by atoms with Gasteiger partial charge in [0.25, 0.3) is 22.2 Å². The van der Waals surface area contributed by atoms with Crippen LogP contribution >= 0.6 is 8.25 Å². The average Bonchev–Trinajstić information content (AvgIpc) is 3.26. The lowest BCUT2D eigenvalue weighted by Crippen LogP contribution is -2.29. The fraction of sp³-hybridized carbons (Fsp3) is 0.615. The molecule has 37 heavy (non-hydrogen) atoms. The molecule has 2 heterocycles. The maximum Gasteiger partial charge on any atom is 0.347 e. The molecule has 2 aromatic heterocycles. The van der Waals surface area contributed by atoms with Crippen LogP contribution in [0.25, 0.3) is 21.5 Å². The second-order valence-electron chi connectivity index (χ2n) is 10.2. The standard InChI is InChI=1S/C26H37N2O8P/c1-7-16(4)14-26(6,9-3)35-36-37(33)34-11-10-27-22(29)18-12-20-21(13-19(18)23(27)30)25(32)28(24(20)31)15-17(5)8-2/h12-13,16-17,37H,7-11,14-15H2,1-6H3. The van der Waals surface area contributed by atoms with Gasteiger partial charge >= 0.3 is 8.25 Å². The summed E-state index contributed by atoms with van der Waals surface area (Å²) in [6, 6.07) is 2.65. The summed E-state index contributed by atoms with van der Waals surface area (Å²) in [6.07, 6.45) is 3.17. The molecule has 4 unspecified atom stereocenters. The molecule has 10 nitrogen and oxygen atoms in total. The Hall–Kier alpha value is -2.39. The topological polar surface area (TPSA) is 123 Å². The van der Waals surface area contributed by atoms with Crippen LogP contribution in [0.3, 0.4) is 0 Å². The minimum absolute atomic E-state index is 0.0614. The van der Waals surface area contributed by atoms with E-state index >= 15 is 0 Å². The van der Waals surface area contributed by atoms with Crippen molar-refractivity contribution in [2.75, 3.05) is 6.61 Å². The van der Waals surface area contributed by atoms with Gasteiger partial charge in [0.15, 0.2) is 0 Å². The molecule has 4 atom stereocenters. The van der Waals surface area contributed by atoms with Gasteiger partial charge in [0, 0.05) is 6.54 Å². The largest absolute Gasteiger partial charge is 0.347 e. The van der Waals surface area contributed by atoms with E-state index in [2.05, 4.69) is 13.8 Å². The van der Waals surface area contributed by atoms with Gasteiger partial charge in [0.05, 0.1) is 34.7 Å².